The lowest BCUT2D eigenvalue weighted by Crippen LogP contribution is -2.35. The van der Waals surface area contributed by atoms with E-state index in [1.54, 1.807) is 22.9 Å². The molecular weight excluding hydrogens is 412 g/mol. The van der Waals surface area contributed by atoms with Crippen molar-refractivity contribution in [1.82, 2.24) is 14.1 Å². The summed E-state index contributed by atoms with van der Waals surface area (Å²) >= 11 is 0. The summed E-state index contributed by atoms with van der Waals surface area (Å²) in [4.78, 5) is 13.0. The van der Waals surface area contributed by atoms with Crippen molar-refractivity contribution in [2.45, 2.75) is 38.0 Å². The van der Waals surface area contributed by atoms with E-state index in [2.05, 4.69) is 10.4 Å². The van der Waals surface area contributed by atoms with E-state index in [1.807, 2.05) is 44.2 Å². The first-order chi connectivity index (χ1) is 14.8. The van der Waals surface area contributed by atoms with Crippen LogP contribution < -0.4 is 5.32 Å². The molecule has 0 fully saturated rings. The summed E-state index contributed by atoms with van der Waals surface area (Å²) in [6.07, 6.45) is 2.71. The van der Waals surface area contributed by atoms with Gasteiger partial charge in [-0.3, -0.25) is 4.79 Å². The maximum absolute atomic E-state index is 12.9. The van der Waals surface area contributed by atoms with Crippen LogP contribution in [0.4, 0.5) is 5.82 Å². The third-order valence-electron chi connectivity index (χ3n) is 5.72. The number of aromatic nitrogens is 2. The number of amides is 1. The van der Waals surface area contributed by atoms with Gasteiger partial charge in [-0.05, 0) is 68.5 Å². The quantitative estimate of drug-likeness (QED) is 0.640. The lowest BCUT2D eigenvalue weighted by Gasteiger charge is -2.18. The molecule has 7 nitrogen and oxygen atoms in total. The summed E-state index contributed by atoms with van der Waals surface area (Å²) in [6, 6.07) is 14.6. The summed E-state index contributed by atoms with van der Waals surface area (Å²) in [7, 11) is -2.36. The highest BCUT2D eigenvalue weighted by Gasteiger charge is 2.27. The topological polar surface area (TPSA) is 84.3 Å². The first-order valence-electron chi connectivity index (χ1n) is 10.3. The number of aryl methyl sites for hydroxylation is 3. The van der Waals surface area contributed by atoms with Crippen molar-refractivity contribution < 1.29 is 13.2 Å². The van der Waals surface area contributed by atoms with Gasteiger partial charge in [-0.2, -0.15) is 9.40 Å². The Hall–Kier alpha value is -2.97. The summed E-state index contributed by atoms with van der Waals surface area (Å²) in [5.74, 6) is 0.224. The number of likely N-dealkylation sites (N-methyl/N-ethyl adjacent to an activating group) is 1. The third-order valence-corrected chi connectivity index (χ3v) is 7.52. The minimum atomic E-state index is -3.78. The first-order valence-corrected chi connectivity index (χ1v) is 11.7. The van der Waals surface area contributed by atoms with E-state index >= 15 is 0 Å². The van der Waals surface area contributed by atoms with Crippen LogP contribution in [0.1, 0.15) is 28.8 Å². The monoisotopic (exact) mass is 438 g/mol. The number of hydrogen-bond acceptors (Lipinski definition) is 4. The Morgan fingerprint density at radius 1 is 1.10 bits per heavy atom. The van der Waals surface area contributed by atoms with E-state index < -0.39 is 15.9 Å². The Balaban J connectivity index is 1.56. The van der Waals surface area contributed by atoms with E-state index in [-0.39, 0.29) is 11.4 Å². The number of carbonyl (C=O) groups is 1. The van der Waals surface area contributed by atoms with Crippen molar-refractivity contribution in [3.8, 4) is 5.69 Å². The van der Waals surface area contributed by atoms with Crippen molar-refractivity contribution in [2.24, 2.45) is 0 Å². The Morgan fingerprint density at radius 2 is 1.84 bits per heavy atom. The average molecular weight is 439 g/mol. The second-order valence-corrected chi connectivity index (χ2v) is 9.97. The van der Waals surface area contributed by atoms with Gasteiger partial charge in [0.05, 0.1) is 22.8 Å². The van der Waals surface area contributed by atoms with Gasteiger partial charge in [-0.1, -0.05) is 24.3 Å². The van der Waals surface area contributed by atoms with Gasteiger partial charge < -0.3 is 5.32 Å². The predicted molar refractivity (Wildman–Crippen MR) is 120 cm³/mol. The summed E-state index contributed by atoms with van der Waals surface area (Å²) in [5, 5.41) is 7.60. The summed E-state index contributed by atoms with van der Waals surface area (Å²) < 4.78 is 28.7. The van der Waals surface area contributed by atoms with Crippen LogP contribution in [-0.4, -0.2) is 42.0 Å². The molecule has 3 aromatic rings. The maximum atomic E-state index is 12.9. The van der Waals surface area contributed by atoms with Gasteiger partial charge in [0.25, 0.3) is 0 Å². The zero-order valence-corrected chi connectivity index (χ0v) is 18.7. The number of fused-ring (bicyclic) bond motifs is 1. The number of anilines is 1. The molecule has 8 heteroatoms. The number of para-hydroxylation sites is 1. The number of nitrogens with one attached hydrogen (secondary N) is 1. The van der Waals surface area contributed by atoms with Gasteiger partial charge in [0, 0.05) is 12.6 Å². The first kappa shape index (κ1) is 21.3. The second-order valence-electron chi connectivity index (χ2n) is 7.93. The van der Waals surface area contributed by atoms with Crippen molar-refractivity contribution in [3.05, 3.63) is 70.9 Å². The molecule has 0 saturated carbocycles. The molecule has 1 aliphatic rings. The maximum Gasteiger partial charge on any atom is 0.243 e. The van der Waals surface area contributed by atoms with Gasteiger partial charge in [-0.25, -0.2) is 13.1 Å². The van der Waals surface area contributed by atoms with E-state index in [1.165, 1.54) is 7.05 Å². The molecule has 0 radical (unpaired) electrons. The highest BCUT2D eigenvalue weighted by Crippen LogP contribution is 2.31. The summed E-state index contributed by atoms with van der Waals surface area (Å²) in [5.41, 5.74) is 4.76. The minimum absolute atomic E-state index is 0.182. The fourth-order valence-corrected chi connectivity index (χ4v) is 5.00. The number of carbonyl (C=O) groups excluding carboxylic acids is 1. The minimum Gasteiger partial charge on any atom is -0.309 e. The van der Waals surface area contributed by atoms with Gasteiger partial charge in [0.15, 0.2) is 0 Å². The number of nitrogens with zero attached hydrogens (tertiary/aromatic N) is 3. The SMILES string of the molecule is Cc1ccc(S(=O)(=O)N(C)CC(=O)Nc2c3c(nn2-c2ccccc2)CCC3)cc1C. The van der Waals surface area contributed by atoms with E-state index in [9.17, 15) is 13.2 Å². The van der Waals surface area contributed by atoms with Gasteiger partial charge in [0.2, 0.25) is 15.9 Å². The molecule has 0 unspecified atom stereocenters. The average Bonchev–Trinajstić information content (AvgIpc) is 3.33. The third kappa shape index (κ3) is 4.13. The van der Waals surface area contributed by atoms with Crippen LogP contribution in [0.2, 0.25) is 0 Å². The number of hydrogen-bond donors (Lipinski definition) is 1. The van der Waals surface area contributed by atoms with E-state index in [0.29, 0.717) is 5.82 Å². The molecule has 31 heavy (non-hydrogen) atoms. The van der Waals surface area contributed by atoms with E-state index in [4.69, 9.17) is 0 Å². The molecule has 2 aromatic carbocycles. The smallest absolute Gasteiger partial charge is 0.243 e. The fraction of sp³-hybridized carbons (Fsp3) is 0.304. The standard InChI is InChI=1S/C23H26N4O3S/c1-16-12-13-19(14-17(16)2)31(29,30)26(3)15-22(28)24-23-20-10-7-11-21(20)25-27(23)18-8-5-4-6-9-18/h4-6,8-9,12-14H,7,10-11,15H2,1-3H3,(H,24,28). The molecule has 4 rings (SSSR count). The second kappa shape index (κ2) is 8.28. The normalized spacial score (nSPS) is 13.4. The Morgan fingerprint density at radius 3 is 2.55 bits per heavy atom. The molecule has 0 saturated heterocycles. The molecule has 1 N–H and O–H groups in total. The van der Waals surface area contributed by atoms with Crippen LogP contribution in [0.3, 0.4) is 0 Å². The molecule has 1 heterocycles. The van der Waals surface area contributed by atoms with Crippen LogP contribution in [0.25, 0.3) is 5.69 Å². The van der Waals surface area contributed by atoms with Crippen molar-refractivity contribution in [3.63, 3.8) is 0 Å². The lowest BCUT2D eigenvalue weighted by atomic mass is 10.1. The number of sulfonamides is 1. The predicted octanol–water partition coefficient (Wildman–Crippen LogP) is 3.24. The van der Waals surface area contributed by atoms with Crippen LogP contribution in [-0.2, 0) is 27.7 Å². The molecule has 0 aliphatic heterocycles. The highest BCUT2D eigenvalue weighted by atomic mass is 32.2. The Bertz CT molecular complexity index is 1230. The van der Waals surface area contributed by atoms with E-state index in [0.717, 1.165) is 51.6 Å². The molecule has 1 amide bonds. The zero-order chi connectivity index (χ0) is 22.2. The molecule has 1 aliphatic carbocycles. The molecule has 0 spiro atoms. The largest absolute Gasteiger partial charge is 0.309 e. The van der Waals surface area contributed by atoms with Crippen molar-refractivity contribution >= 4 is 21.7 Å². The van der Waals surface area contributed by atoms with Gasteiger partial charge in [-0.15, -0.1) is 0 Å². The lowest BCUT2D eigenvalue weighted by molar-refractivity contribution is -0.116. The van der Waals surface area contributed by atoms with Crippen LogP contribution in [0.15, 0.2) is 53.4 Å². The Labute approximate surface area is 182 Å². The number of rotatable bonds is 6. The summed E-state index contributed by atoms with van der Waals surface area (Å²) in [6.45, 7) is 3.51. The van der Waals surface area contributed by atoms with Crippen LogP contribution in [0.5, 0.6) is 0 Å². The molecule has 162 valence electrons. The molecule has 0 atom stereocenters. The fourth-order valence-electron chi connectivity index (χ4n) is 3.79. The van der Waals surface area contributed by atoms with Crippen molar-refractivity contribution in [2.75, 3.05) is 18.9 Å². The molecule has 0 bridgehead atoms. The zero-order valence-electron chi connectivity index (χ0n) is 17.9. The highest BCUT2D eigenvalue weighted by molar-refractivity contribution is 7.89. The molecular formula is C23H26N4O3S. The van der Waals surface area contributed by atoms with Gasteiger partial charge in [0.1, 0.15) is 5.82 Å². The number of benzene rings is 2. The van der Waals surface area contributed by atoms with Crippen molar-refractivity contribution in [1.29, 1.82) is 0 Å². The van der Waals surface area contributed by atoms with Crippen LogP contribution >= 0.6 is 0 Å². The molecule has 1 aromatic heterocycles. The Kier molecular flexibility index (Phi) is 5.68. The van der Waals surface area contributed by atoms with Gasteiger partial charge >= 0.3 is 0 Å². The van der Waals surface area contributed by atoms with Crippen LogP contribution in [0, 0.1) is 13.8 Å².